The largest absolute Gasteiger partial charge is 0.392 e. The number of nitrogens with two attached hydrogens (primary N) is 1. The van der Waals surface area contributed by atoms with Crippen LogP contribution in [-0.2, 0) is 0 Å². The summed E-state index contributed by atoms with van der Waals surface area (Å²) < 4.78 is 0. The molecule has 0 aromatic heterocycles. The molecule has 0 spiro atoms. The summed E-state index contributed by atoms with van der Waals surface area (Å²) in [6.45, 7) is 2.89. The molecule has 2 fully saturated rings. The van der Waals surface area contributed by atoms with Gasteiger partial charge in [0, 0.05) is 12.6 Å². The van der Waals surface area contributed by atoms with Crippen molar-refractivity contribution >= 4 is 0 Å². The topological polar surface area (TPSA) is 49.5 Å². The van der Waals surface area contributed by atoms with Gasteiger partial charge in [0.15, 0.2) is 0 Å². The number of hydrogen-bond acceptors (Lipinski definition) is 3. The highest BCUT2D eigenvalue weighted by Gasteiger charge is 2.33. The number of β-amino-alcohol motifs (C(OH)–C–C–N with tert-alkyl or cyclic N) is 1. The molecular formula is C12H24N2O. The molecule has 3 atom stereocenters. The molecule has 3 N–H and O–H groups in total. The molecule has 1 aliphatic carbocycles. The fourth-order valence-corrected chi connectivity index (χ4v) is 3.33. The molecule has 88 valence electrons. The van der Waals surface area contributed by atoms with E-state index >= 15 is 0 Å². The lowest BCUT2D eigenvalue weighted by molar-refractivity contribution is 0.0352. The summed E-state index contributed by atoms with van der Waals surface area (Å²) in [6.07, 6.45) is 7.24. The summed E-state index contributed by atoms with van der Waals surface area (Å²) >= 11 is 0. The first-order valence-corrected chi connectivity index (χ1v) is 6.43. The van der Waals surface area contributed by atoms with E-state index < -0.39 is 0 Å². The number of rotatable bonds is 3. The van der Waals surface area contributed by atoms with Crippen molar-refractivity contribution in [1.29, 1.82) is 0 Å². The van der Waals surface area contributed by atoms with E-state index in [4.69, 9.17) is 5.73 Å². The van der Waals surface area contributed by atoms with Gasteiger partial charge < -0.3 is 10.8 Å². The van der Waals surface area contributed by atoms with Crippen molar-refractivity contribution in [3.05, 3.63) is 0 Å². The summed E-state index contributed by atoms with van der Waals surface area (Å²) in [5.74, 6) is 0.792. The zero-order valence-electron chi connectivity index (χ0n) is 9.57. The first-order chi connectivity index (χ1) is 7.31. The van der Waals surface area contributed by atoms with Gasteiger partial charge >= 0.3 is 0 Å². The van der Waals surface area contributed by atoms with Gasteiger partial charge in [0.2, 0.25) is 0 Å². The van der Waals surface area contributed by atoms with Gasteiger partial charge in [-0.1, -0.05) is 6.42 Å². The van der Waals surface area contributed by atoms with E-state index in [0.717, 1.165) is 38.3 Å². The molecule has 0 aromatic carbocycles. The Morgan fingerprint density at radius 1 is 1.20 bits per heavy atom. The average molecular weight is 212 g/mol. The lowest BCUT2D eigenvalue weighted by atomic mass is 9.96. The molecule has 3 heteroatoms. The van der Waals surface area contributed by atoms with Gasteiger partial charge in [0.05, 0.1) is 6.10 Å². The Morgan fingerprint density at radius 2 is 2.07 bits per heavy atom. The Kier molecular flexibility index (Phi) is 4.00. The van der Waals surface area contributed by atoms with Crippen molar-refractivity contribution in [2.45, 2.75) is 50.7 Å². The van der Waals surface area contributed by atoms with Crippen LogP contribution < -0.4 is 5.73 Å². The van der Waals surface area contributed by atoms with Crippen LogP contribution in [0.1, 0.15) is 38.5 Å². The van der Waals surface area contributed by atoms with Gasteiger partial charge in [0.25, 0.3) is 0 Å². The van der Waals surface area contributed by atoms with Gasteiger partial charge in [-0.05, 0) is 51.1 Å². The first-order valence-electron chi connectivity index (χ1n) is 6.43. The molecule has 2 aliphatic rings. The molecule has 1 heterocycles. The van der Waals surface area contributed by atoms with Crippen LogP contribution in [0.2, 0.25) is 0 Å². The minimum absolute atomic E-state index is 0.0853. The maximum atomic E-state index is 9.69. The molecule has 1 aliphatic heterocycles. The maximum Gasteiger partial charge on any atom is 0.0667 e. The molecule has 0 amide bonds. The van der Waals surface area contributed by atoms with Gasteiger partial charge in [-0.25, -0.2) is 0 Å². The third kappa shape index (κ3) is 2.71. The minimum atomic E-state index is -0.0853. The SMILES string of the molecule is NCCC1CCCC1N1CCCC(O)C1. The number of nitrogens with zero attached hydrogens (tertiary/aromatic N) is 1. The predicted octanol–water partition coefficient (Wildman–Crippen LogP) is 0.961. The number of aliphatic hydroxyl groups is 1. The summed E-state index contributed by atoms with van der Waals surface area (Å²) in [7, 11) is 0. The van der Waals surface area contributed by atoms with E-state index in [0.29, 0.717) is 6.04 Å². The van der Waals surface area contributed by atoms with E-state index in [-0.39, 0.29) is 6.10 Å². The highest BCUT2D eigenvalue weighted by Crippen LogP contribution is 2.33. The van der Waals surface area contributed by atoms with Crippen molar-refractivity contribution in [3.8, 4) is 0 Å². The zero-order valence-corrected chi connectivity index (χ0v) is 9.57. The molecule has 0 radical (unpaired) electrons. The zero-order chi connectivity index (χ0) is 10.7. The monoisotopic (exact) mass is 212 g/mol. The van der Waals surface area contributed by atoms with E-state index in [1.807, 2.05) is 0 Å². The van der Waals surface area contributed by atoms with Crippen LogP contribution in [0.25, 0.3) is 0 Å². The molecular weight excluding hydrogens is 188 g/mol. The third-order valence-electron chi connectivity index (χ3n) is 4.05. The number of aliphatic hydroxyl groups excluding tert-OH is 1. The smallest absolute Gasteiger partial charge is 0.0667 e. The van der Waals surface area contributed by atoms with Crippen molar-refractivity contribution in [2.75, 3.05) is 19.6 Å². The Balaban J connectivity index is 1.90. The molecule has 3 unspecified atom stereocenters. The number of hydrogen-bond donors (Lipinski definition) is 2. The highest BCUT2D eigenvalue weighted by molar-refractivity contribution is 4.88. The average Bonchev–Trinajstić information content (AvgIpc) is 2.66. The molecule has 3 nitrogen and oxygen atoms in total. The van der Waals surface area contributed by atoms with Gasteiger partial charge in [-0.15, -0.1) is 0 Å². The lowest BCUT2D eigenvalue weighted by Gasteiger charge is -2.37. The molecule has 15 heavy (non-hydrogen) atoms. The first kappa shape index (κ1) is 11.4. The van der Waals surface area contributed by atoms with Gasteiger partial charge in [-0.2, -0.15) is 0 Å². The van der Waals surface area contributed by atoms with Crippen LogP contribution in [0.4, 0.5) is 0 Å². The number of likely N-dealkylation sites (tertiary alicyclic amines) is 1. The van der Waals surface area contributed by atoms with Crippen LogP contribution in [0, 0.1) is 5.92 Å². The standard InChI is InChI=1S/C12H24N2O/c13-7-6-10-3-1-5-12(10)14-8-2-4-11(15)9-14/h10-12,15H,1-9,13H2. The molecule has 2 rings (SSSR count). The van der Waals surface area contributed by atoms with Crippen LogP contribution in [-0.4, -0.2) is 41.8 Å². The van der Waals surface area contributed by atoms with E-state index in [2.05, 4.69) is 4.90 Å². The van der Waals surface area contributed by atoms with Crippen LogP contribution >= 0.6 is 0 Å². The highest BCUT2D eigenvalue weighted by atomic mass is 16.3. The Labute approximate surface area is 92.6 Å². The third-order valence-corrected chi connectivity index (χ3v) is 4.05. The summed E-state index contributed by atoms with van der Waals surface area (Å²) in [5.41, 5.74) is 5.66. The summed E-state index contributed by atoms with van der Waals surface area (Å²) in [4.78, 5) is 2.52. The van der Waals surface area contributed by atoms with E-state index in [1.54, 1.807) is 0 Å². The Morgan fingerprint density at radius 3 is 2.80 bits per heavy atom. The second kappa shape index (κ2) is 5.28. The maximum absolute atomic E-state index is 9.69. The molecule has 1 saturated carbocycles. The van der Waals surface area contributed by atoms with Crippen LogP contribution in [0.5, 0.6) is 0 Å². The molecule has 1 saturated heterocycles. The Bertz CT molecular complexity index is 198. The van der Waals surface area contributed by atoms with E-state index in [1.165, 1.54) is 25.8 Å². The van der Waals surface area contributed by atoms with Crippen LogP contribution in [0.15, 0.2) is 0 Å². The van der Waals surface area contributed by atoms with E-state index in [9.17, 15) is 5.11 Å². The minimum Gasteiger partial charge on any atom is -0.392 e. The molecule has 0 bridgehead atoms. The lowest BCUT2D eigenvalue weighted by Crippen LogP contribution is -2.46. The fraction of sp³-hybridized carbons (Fsp3) is 1.00. The van der Waals surface area contributed by atoms with Crippen molar-refractivity contribution in [2.24, 2.45) is 11.7 Å². The predicted molar refractivity (Wildman–Crippen MR) is 61.6 cm³/mol. The van der Waals surface area contributed by atoms with Crippen molar-refractivity contribution < 1.29 is 5.11 Å². The van der Waals surface area contributed by atoms with Crippen molar-refractivity contribution in [1.82, 2.24) is 4.90 Å². The van der Waals surface area contributed by atoms with Crippen molar-refractivity contribution in [3.63, 3.8) is 0 Å². The van der Waals surface area contributed by atoms with Crippen LogP contribution in [0.3, 0.4) is 0 Å². The normalized spacial score (nSPS) is 38.4. The second-order valence-electron chi connectivity index (χ2n) is 5.13. The fourth-order valence-electron chi connectivity index (χ4n) is 3.33. The Hall–Kier alpha value is -0.120. The number of piperidine rings is 1. The molecule has 0 aromatic rings. The quantitative estimate of drug-likeness (QED) is 0.732. The second-order valence-corrected chi connectivity index (χ2v) is 5.13. The summed E-state index contributed by atoms with van der Waals surface area (Å²) in [5, 5.41) is 9.69. The van der Waals surface area contributed by atoms with Gasteiger partial charge in [-0.3, -0.25) is 4.90 Å². The summed E-state index contributed by atoms with van der Waals surface area (Å²) in [6, 6.07) is 0.712. The van der Waals surface area contributed by atoms with Gasteiger partial charge in [0.1, 0.15) is 0 Å².